The van der Waals surface area contributed by atoms with Crippen molar-refractivity contribution in [3.63, 3.8) is 0 Å². The zero-order valence-corrected chi connectivity index (χ0v) is 17.3. The number of carbonyl (C=O) groups is 2. The fourth-order valence-corrected chi connectivity index (χ4v) is 3.07. The third-order valence-corrected chi connectivity index (χ3v) is 4.42. The lowest BCUT2D eigenvalue weighted by molar-refractivity contribution is -0.139. The Morgan fingerprint density at radius 2 is 1.57 bits per heavy atom. The standard InChI is InChI=1S/C22H28N2O4/c1-14-11-15(2)21(16(3)12-14)23-20(25)13-24(5)22(26)17(4)28-19-9-7-18(27-6)8-10-19/h7-12,17H,13H2,1-6H3,(H,23,25). The number of benzene rings is 2. The SMILES string of the molecule is COc1ccc(OC(C)C(=O)N(C)CC(=O)Nc2c(C)cc(C)cc2C)cc1. The van der Waals surface area contributed by atoms with E-state index in [1.807, 2.05) is 32.9 Å². The smallest absolute Gasteiger partial charge is 0.263 e. The number of methoxy groups -OCH3 is 1. The van der Waals surface area contributed by atoms with Crippen LogP contribution >= 0.6 is 0 Å². The van der Waals surface area contributed by atoms with Crippen LogP contribution in [0.15, 0.2) is 36.4 Å². The first-order chi connectivity index (χ1) is 13.2. The van der Waals surface area contributed by atoms with E-state index in [2.05, 4.69) is 5.32 Å². The van der Waals surface area contributed by atoms with E-state index in [4.69, 9.17) is 9.47 Å². The number of carbonyl (C=O) groups excluding carboxylic acids is 2. The van der Waals surface area contributed by atoms with Crippen LogP contribution in [-0.2, 0) is 9.59 Å². The van der Waals surface area contributed by atoms with E-state index in [-0.39, 0.29) is 18.4 Å². The summed E-state index contributed by atoms with van der Waals surface area (Å²) < 4.78 is 10.8. The molecule has 2 rings (SSSR count). The Kier molecular flexibility index (Phi) is 7.04. The Hall–Kier alpha value is -3.02. The van der Waals surface area contributed by atoms with E-state index >= 15 is 0 Å². The lowest BCUT2D eigenvalue weighted by Gasteiger charge is -2.22. The molecule has 0 aliphatic carbocycles. The van der Waals surface area contributed by atoms with Gasteiger partial charge in [0.1, 0.15) is 11.5 Å². The molecule has 0 saturated heterocycles. The Labute approximate surface area is 166 Å². The average Bonchev–Trinajstić information content (AvgIpc) is 2.64. The molecule has 0 aliphatic rings. The zero-order valence-electron chi connectivity index (χ0n) is 17.3. The van der Waals surface area contributed by atoms with Gasteiger partial charge in [0, 0.05) is 12.7 Å². The summed E-state index contributed by atoms with van der Waals surface area (Å²) in [5.74, 6) is 0.748. The molecule has 0 radical (unpaired) electrons. The van der Waals surface area contributed by atoms with Gasteiger partial charge in [0.2, 0.25) is 5.91 Å². The van der Waals surface area contributed by atoms with Gasteiger partial charge >= 0.3 is 0 Å². The van der Waals surface area contributed by atoms with Crippen molar-refractivity contribution in [2.24, 2.45) is 0 Å². The summed E-state index contributed by atoms with van der Waals surface area (Å²) in [6.45, 7) is 7.53. The minimum absolute atomic E-state index is 0.0537. The number of hydrogen-bond acceptors (Lipinski definition) is 4. The minimum atomic E-state index is -0.714. The summed E-state index contributed by atoms with van der Waals surface area (Å²) in [4.78, 5) is 26.3. The molecule has 6 nitrogen and oxygen atoms in total. The van der Waals surface area contributed by atoms with E-state index in [0.717, 1.165) is 22.4 Å². The van der Waals surface area contributed by atoms with E-state index in [1.165, 1.54) is 4.90 Å². The predicted molar refractivity (Wildman–Crippen MR) is 110 cm³/mol. The summed E-state index contributed by atoms with van der Waals surface area (Å²) >= 11 is 0. The topological polar surface area (TPSA) is 67.9 Å². The molecular formula is C22H28N2O4. The Morgan fingerprint density at radius 3 is 2.11 bits per heavy atom. The van der Waals surface area contributed by atoms with Gasteiger partial charge in [-0.05, 0) is 63.1 Å². The lowest BCUT2D eigenvalue weighted by atomic mass is 10.1. The largest absolute Gasteiger partial charge is 0.497 e. The van der Waals surface area contributed by atoms with Gasteiger partial charge in [0.15, 0.2) is 6.10 Å². The maximum absolute atomic E-state index is 12.5. The number of aryl methyl sites for hydroxylation is 3. The van der Waals surface area contributed by atoms with E-state index in [9.17, 15) is 9.59 Å². The van der Waals surface area contributed by atoms with Crippen molar-refractivity contribution >= 4 is 17.5 Å². The monoisotopic (exact) mass is 384 g/mol. The van der Waals surface area contributed by atoms with Crippen molar-refractivity contribution in [2.75, 3.05) is 26.0 Å². The number of hydrogen-bond donors (Lipinski definition) is 1. The van der Waals surface area contributed by atoms with Gasteiger partial charge < -0.3 is 19.7 Å². The quantitative estimate of drug-likeness (QED) is 0.794. The van der Waals surface area contributed by atoms with Crippen molar-refractivity contribution in [1.29, 1.82) is 0 Å². The Morgan fingerprint density at radius 1 is 1.04 bits per heavy atom. The molecule has 0 bridgehead atoms. The number of amides is 2. The fourth-order valence-electron chi connectivity index (χ4n) is 3.07. The van der Waals surface area contributed by atoms with Crippen LogP contribution in [0.2, 0.25) is 0 Å². The van der Waals surface area contributed by atoms with Crippen molar-refractivity contribution < 1.29 is 19.1 Å². The molecule has 1 unspecified atom stereocenters. The van der Waals surface area contributed by atoms with Crippen LogP contribution in [-0.4, -0.2) is 43.5 Å². The molecule has 1 atom stereocenters. The van der Waals surface area contributed by atoms with Crippen molar-refractivity contribution in [3.05, 3.63) is 53.1 Å². The third kappa shape index (κ3) is 5.49. The third-order valence-electron chi connectivity index (χ3n) is 4.42. The Balaban J connectivity index is 1.94. The molecule has 0 aromatic heterocycles. The van der Waals surface area contributed by atoms with E-state index in [1.54, 1.807) is 45.3 Å². The van der Waals surface area contributed by atoms with Crippen LogP contribution in [0.4, 0.5) is 5.69 Å². The highest BCUT2D eigenvalue weighted by Crippen LogP contribution is 2.22. The van der Waals surface area contributed by atoms with Crippen molar-refractivity contribution in [1.82, 2.24) is 4.90 Å². The second-order valence-corrected chi connectivity index (χ2v) is 6.95. The molecule has 1 N–H and O–H groups in total. The highest BCUT2D eigenvalue weighted by atomic mass is 16.5. The molecule has 28 heavy (non-hydrogen) atoms. The maximum Gasteiger partial charge on any atom is 0.263 e. The fraction of sp³-hybridized carbons (Fsp3) is 0.364. The second-order valence-electron chi connectivity index (χ2n) is 6.95. The highest BCUT2D eigenvalue weighted by Gasteiger charge is 2.21. The molecule has 0 spiro atoms. The summed E-state index contributed by atoms with van der Waals surface area (Å²) in [6.07, 6.45) is -0.714. The molecule has 0 aliphatic heterocycles. The number of ether oxygens (including phenoxy) is 2. The summed E-state index contributed by atoms with van der Waals surface area (Å²) in [5.41, 5.74) is 3.93. The molecule has 2 aromatic rings. The van der Waals surface area contributed by atoms with Crippen LogP contribution in [0.25, 0.3) is 0 Å². The van der Waals surface area contributed by atoms with Crippen molar-refractivity contribution in [2.45, 2.75) is 33.8 Å². The molecule has 0 fully saturated rings. The summed E-state index contributed by atoms with van der Waals surface area (Å²) in [6, 6.07) is 11.0. The predicted octanol–water partition coefficient (Wildman–Crippen LogP) is 3.48. The highest BCUT2D eigenvalue weighted by molar-refractivity contribution is 5.96. The van der Waals surface area contributed by atoms with Crippen LogP contribution in [0.1, 0.15) is 23.6 Å². The number of likely N-dealkylation sites (N-methyl/N-ethyl adjacent to an activating group) is 1. The van der Waals surface area contributed by atoms with Crippen LogP contribution in [0.3, 0.4) is 0 Å². The molecule has 0 heterocycles. The molecule has 2 aromatic carbocycles. The first kappa shape index (κ1) is 21.3. The van der Waals surface area contributed by atoms with Crippen molar-refractivity contribution in [3.8, 4) is 11.5 Å². The first-order valence-corrected chi connectivity index (χ1v) is 9.14. The van der Waals surface area contributed by atoms with Gasteiger partial charge in [0.25, 0.3) is 5.91 Å². The van der Waals surface area contributed by atoms with Crippen LogP contribution < -0.4 is 14.8 Å². The van der Waals surface area contributed by atoms with Gasteiger partial charge in [-0.3, -0.25) is 9.59 Å². The van der Waals surface area contributed by atoms with Gasteiger partial charge in [-0.2, -0.15) is 0 Å². The van der Waals surface area contributed by atoms with E-state index in [0.29, 0.717) is 11.5 Å². The van der Waals surface area contributed by atoms with Gasteiger partial charge in [-0.1, -0.05) is 17.7 Å². The average molecular weight is 384 g/mol. The molecule has 150 valence electrons. The Bertz CT molecular complexity index is 823. The number of anilines is 1. The zero-order chi connectivity index (χ0) is 20.8. The summed E-state index contributed by atoms with van der Waals surface area (Å²) in [5, 5.41) is 2.91. The van der Waals surface area contributed by atoms with E-state index < -0.39 is 6.10 Å². The molecule has 2 amide bonds. The molecule has 0 saturated carbocycles. The normalized spacial score (nSPS) is 11.5. The molecular weight excluding hydrogens is 356 g/mol. The second kappa shape index (κ2) is 9.26. The van der Waals surface area contributed by atoms with Gasteiger partial charge in [-0.15, -0.1) is 0 Å². The number of nitrogens with one attached hydrogen (secondary N) is 1. The first-order valence-electron chi connectivity index (χ1n) is 9.14. The van der Waals surface area contributed by atoms with Gasteiger partial charge in [-0.25, -0.2) is 0 Å². The summed E-state index contributed by atoms with van der Waals surface area (Å²) in [7, 11) is 3.17. The van der Waals surface area contributed by atoms with Crippen LogP contribution in [0.5, 0.6) is 11.5 Å². The molecule has 6 heteroatoms. The maximum atomic E-state index is 12.5. The van der Waals surface area contributed by atoms with Gasteiger partial charge in [0.05, 0.1) is 13.7 Å². The van der Waals surface area contributed by atoms with Crippen LogP contribution in [0, 0.1) is 20.8 Å². The lowest BCUT2D eigenvalue weighted by Crippen LogP contribution is -2.42. The number of rotatable bonds is 7. The minimum Gasteiger partial charge on any atom is -0.497 e. The number of nitrogens with zero attached hydrogens (tertiary/aromatic N) is 1.